The van der Waals surface area contributed by atoms with Gasteiger partial charge in [0, 0.05) is 12.6 Å². The van der Waals surface area contributed by atoms with Crippen molar-refractivity contribution >= 4 is 26.0 Å². The maximum atomic E-state index is 12.6. The molecule has 19 heavy (non-hydrogen) atoms. The molecule has 4 nitrogen and oxygen atoms in total. The summed E-state index contributed by atoms with van der Waals surface area (Å²) in [6.45, 7) is 6.25. The molecule has 0 bridgehead atoms. The summed E-state index contributed by atoms with van der Waals surface area (Å²) >= 11 is 3.32. The third-order valence-corrected chi connectivity index (χ3v) is 5.44. The summed E-state index contributed by atoms with van der Waals surface area (Å²) in [6, 6.07) is 4.75. The number of rotatable bonds is 6. The van der Waals surface area contributed by atoms with Gasteiger partial charge in [-0.3, -0.25) is 0 Å². The minimum absolute atomic E-state index is 0.0640. The van der Waals surface area contributed by atoms with Crippen LogP contribution in [0.2, 0.25) is 0 Å². The lowest BCUT2D eigenvalue weighted by molar-refractivity contribution is 0.354. The van der Waals surface area contributed by atoms with Gasteiger partial charge in [0.15, 0.2) is 0 Å². The molecule has 0 aliphatic carbocycles. The number of benzene rings is 1. The SMILES string of the molecule is CCCN(C(C)C)S(=O)(=O)c1ccc(OC)c(Br)c1. The van der Waals surface area contributed by atoms with Gasteiger partial charge in [-0.05, 0) is 54.4 Å². The molecule has 0 atom stereocenters. The Morgan fingerprint density at radius 2 is 2.00 bits per heavy atom. The second kappa shape index (κ2) is 6.72. The molecule has 1 aromatic carbocycles. The van der Waals surface area contributed by atoms with Gasteiger partial charge in [0.25, 0.3) is 0 Å². The van der Waals surface area contributed by atoms with Crippen molar-refractivity contribution in [3.05, 3.63) is 22.7 Å². The predicted molar refractivity (Wildman–Crippen MR) is 80.0 cm³/mol. The van der Waals surface area contributed by atoms with E-state index >= 15 is 0 Å². The molecule has 0 radical (unpaired) electrons. The molecular formula is C13H20BrNO3S. The molecule has 0 spiro atoms. The molecule has 0 unspecified atom stereocenters. The van der Waals surface area contributed by atoms with E-state index < -0.39 is 10.0 Å². The fourth-order valence-corrected chi connectivity index (χ4v) is 4.27. The first-order valence-electron chi connectivity index (χ1n) is 6.20. The standard InChI is InChI=1S/C13H20BrNO3S/c1-5-8-15(10(2)3)19(16,17)11-6-7-13(18-4)12(14)9-11/h6-7,9-10H,5,8H2,1-4H3. The van der Waals surface area contributed by atoms with Crippen LogP contribution in [-0.4, -0.2) is 32.4 Å². The molecule has 0 saturated carbocycles. The molecule has 0 fully saturated rings. The van der Waals surface area contributed by atoms with Crippen molar-refractivity contribution in [3.63, 3.8) is 0 Å². The van der Waals surface area contributed by atoms with Crippen molar-refractivity contribution in [2.45, 2.75) is 38.1 Å². The van der Waals surface area contributed by atoms with Gasteiger partial charge in [-0.25, -0.2) is 8.42 Å². The van der Waals surface area contributed by atoms with Crippen LogP contribution in [0, 0.1) is 0 Å². The van der Waals surface area contributed by atoms with Gasteiger partial charge in [0.2, 0.25) is 10.0 Å². The fourth-order valence-electron chi connectivity index (χ4n) is 1.82. The van der Waals surface area contributed by atoms with Crippen molar-refractivity contribution in [3.8, 4) is 5.75 Å². The first-order chi connectivity index (χ1) is 8.84. The van der Waals surface area contributed by atoms with Crippen LogP contribution in [0.5, 0.6) is 5.75 Å². The summed E-state index contributed by atoms with van der Waals surface area (Å²) < 4.78 is 32.4. The van der Waals surface area contributed by atoms with Crippen molar-refractivity contribution in [1.29, 1.82) is 0 Å². The Bertz CT molecular complexity index is 529. The normalized spacial score (nSPS) is 12.2. The van der Waals surface area contributed by atoms with E-state index in [-0.39, 0.29) is 10.9 Å². The summed E-state index contributed by atoms with van der Waals surface area (Å²) in [6.07, 6.45) is 0.786. The summed E-state index contributed by atoms with van der Waals surface area (Å²) in [4.78, 5) is 0.280. The van der Waals surface area contributed by atoms with E-state index in [4.69, 9.17) is 4.74 Å². The zero-order chi connectivity index (χ0) is 14.6. The van der Waals surface area contributed by atoms with E-state index in [0.29, 0.717) is 16.8 Å². The first kappa shape index (κ1) is 16.5. The molecule has 6 heteroatoms. The van der Waals surface area contributed by atoms with Gasteiger partial charge in [0.05, 0.1) is 16.5 Å². The van der Waals surface area contributed by atoms with E-state index in [2.05, 4.69) is 15.9 Å². The van der Waals surface area contributed by atoms with Crippen LogP contribution in [0.4, 0.5) is 0 Å². The van der Waals surface area contributed by atoms with Gasteiger partial charge < -0.3 is 4.74 Å². The highest BCUT2D eigenvalue weighted by Crippen LogP contribution is 2.29. The second-order valence-electron chi connectivity index (χ2n) is 4.51. The summed E-state index contributed by atoms with van der Waals surface area (Å²) in [5.41, 5.74) is 0. The molecule has 0 aromatic heterocycles. The highest BCUT2D eigenvalue weighted by molar-refractivity contribution is 9.10. The highest BCUT2D eigenvalue weighted by Gasteiger charge is 2.26. The van der Waals surface area contributed by atoms with Crippen LogP contribution in [0.15, 0.2) is 27.6 Å². The summed E-state index contributed by atoms with van der Waals surface area (Å²) in [5.74, 6) is 0.616. The number of methoxy groups -OCH3 is 1. The molecule has 1 rings (SSSR count). The average molecular weight is 350 g/mol. The van der Waals surface area contributed by atoms with Crippen molar-refractivity contribution in [1.82, 2.24) is 4.31 Å². The van der Waals surface area contributed by atoms with Gasteiger partial charge in [-0.2, -0.15) is 4.31 Å². The molecule has 0 amide bonds. The highest BCUT2D eigenvalue weighted by atomic mass is 79.9. The molecule has 0 saturated heterocycles. The Kier molecular flexibility index (Phi) is 5.82. The summed E-state index contributed by atoms with van der Waals surface area (Å²) in [7, 11) is -1.91. The molecular weight excluding hydrogens is 330 g/mol. The Labute approximate surface area is 123 Å². The third-order valence-electron chi connectivity index (χ3n) is 2.75. The van der Waals surface area contributed by atoms with E-state index in [0.717, 1.165) is 6.42 Å². The van der Waals surface area contributed by atoms with Crippen LogP contribution < -0.4 is 4.74 Å². The molecule has 108 valence electrons. The number of nitrogens with zero attached hydrogens (tertiary/aromatic N) is 1. The quantitative estimate of drug-likeness (QED) is 0.791. The number of hydrogen-bond acceptors (Lipinski definition) is 3. The van der Waals surface area contributed by atoms with Crippen molar-refractivity contribution in [2.24, 2.45) is 0 Å². The van der Waals surface area contributed by atoms with E-state index in [1.165, 1.54) is 4.31 Å². The fraction of sp³-hybridized carbons (Fsp3) is 0.538. The number of hydrogen-bond donors (Lipinski definition) is 0. The average Bonchev–Trinajstić information content (AvgIpc) is 2.35. The van der Waals surface area contributed by atoms with E-state index in [1.54, 1.807) is 25.3 Å². The number of sulfonamides is 1. The van der Waals surface area contributed by atoms with Gasteiger partial charge in [-0.15, -0.1) is 0 Å². The molecule has 0 aliphatic rings. The van der Waals surface area contributed by atoms with Gasteiger partial charge in [0.1, 0.15) is 5.75 Å². The largest absolute Gasteiger partial charge is 0.496 e. The summed E-state index contributed by atoms with van der Waals surface area (Å²) in [5, 5.41) is 0. The van der Waals surface area contributed by atoms with Crippen LogP contribution in [0.25, 0.3) is 0 Å². The van der Waals surface area contributed by atoms with Crippen LogP contribution >= 0.6 is 15.9 Å². The Hall–Kier alpha value is -0.590. The van der Waals surface area contributed by atoms with E-state index in [9.17, 15) is 8.42 Å². The Morgan fingerprint density at radius 3 is 2.42 bits per heavy atom. The lowest BCUT2D eigenvalue weighted by Crippen LogP contribution is -2.37. The predicted octanol–water partition coefficient (Wildman–Crippen LogP) is 3.27. The molecule has 0 N–H and O–H groups in total. The van der Waals surface area contributed by atoms with Gasteiger partial charge in [-0.1, -0.05) is 6.92 Å². The Balaban J connectivity index is 3.22. The minimum atomic E-state index is -3.46. The zero-order valence-corrected chi connectivity index (χ0v) is 14.1. The zero-order valence-electron chi connectivity index (χ0n) is 11.7. The monoisotopic (exact) mass is 349 g/mol. The lowest BCUT2D eigenvalue weighted by Gasteiger charge is -2.25. The van der Waals surface area contributed by atoms with Crippen LogP contribution in [0.1, 0.15) is 27.2 Å². The topological polar surface area (TPSA) is 46.6 Å². The molecule has 1 aromatic rings. The molecule has 0 aliphatic heterocycles. The molecule has 0 heterocycles. The third kappa shape index (κ3) is 3.70. The van der Waals surface area contributed by atoms with Gasteiger partial charge >= 0.3 is 0 Å². The second-order valence-corrected chi connectivity index (χ2v) is 7.25. The smallest absolute Gasteiger partial charge is 0.243 e. The van der Waals surface area contributed by atoms with E-state index in [1.807, 2.05) is 20.8 Å². The lowest BCUT2D eigenvalue weighted by atomic mass is 10.3. The number of ether oxygens (including phenoxy) is 1. The van der Waals surface area contributed by atoms with Crippen LogP contribution in [-0.2, 0) is 10.0 Å². The van der Waals surface area contributed by atoms with Crippen molar-refractivity contribution in [2.75, 3.05) is 13.7 Å². The van der Waals surface area contributed by atoms with Crippen molar-refractivity contribution < 1.29 is 13.2 Å². The maximum Gasteiger partial charge on any atom is 0.243 e. The first-order valence-corrected chi connectivity index (χ1v) is 8.43. The minimum Gasteiger partial charge on any atom is -0.496 e. The van der Waals surface area contributed by atoms with Crippen LogP contribution in [0.3, 0.4) is 0 Å². The Morgan fingerprint density at radius 1 is 1.37 bits per heavy atom. The maximum absolute atomic E-state index is 12.6. The number of halogens is 1.